The first-order chi connectivity index (χ1) is 12.1. The van der Waals surface area contributed by atoms with Crippen LogP contribution in [0.4, 0.5) is 0 Å². The number of aryl methyl sites for hydroxylation is 1. The highest BCUT2D eigenvalue weighted by Gasteiger charge is 2.30. The Morgan fingerprint density at radius 1 is 1.36 bits per heavy atom. The molecule has 1 aromatic heterocycles. The number of rotatable bonds is 5. The van der Waals surface area contributed by atoms with Gasteiger partial charge in [0.05, 0.1) is 11.7 Å². The molecule has 1 aromatic carbocycles. The fraction of sp³-hybridized carbons (Fsp3) is 0.389. The molecule has 0 saturated carbocycles. The number of likely N-dealkylation sites (tertiary alicyclic amines) is 1. The molecule has 2 amide bonds. The molecule has 1 unspecified atom stereocenters. The van der Waals surface area contributed by atoms with Crippen LogP contribution in [0.1, 0.15) is 47.1 Å². The van der Waals surface area contributed by atoms with Crippen molar-refractivity contribution in [2.24, 2.45) is 5.73 Å². The monoisotopic (exact) mass is 342 g/mol. The lowest BCUT2D eigenvalue weighted by atomic mass is 9.99. The molecule has 1 atom stereocenters. The molecule has 0 aliphatic carbocycles. The summed E-state index contributed by atoms with van der Waals surface area (Å²) in [5, 5.41) is 6.76. The van der Waals surface area contributed by atoms with Crippen LogP contribution in [0, 0.1) is 6.92 Å². The molecule has 3 rings (SSSR count). The molecule has 3 N–H and O–H groups in total. The Balaban J connectivity index is 1.70. The largest absolute Gasteiger partial charge is 0.484 e. The lowest BCUT2D eigenvalue weighted by Gasteiger charge is -2.35. The van der Waals surface area contributed by atoms with Crippen LogP contribution in [0.15, 0.2) is 30.3 Å². The number of nitrogens with zero attached hydrogens (tertiary/aromatic N) is 2. The van der Waals surface area contributed by atoms with Gasteiger partial charge in [-0.1, -0.05) is 18.2 Å². The van der Waals surface area contributed by atoms with Crippen molar-refractivity contribution in [1.29, 1.82) is 0 Å². The lowest BCUT2D eigenvalue weighted by molar-refractivity contribution is -0.137. The molecule has 0 spiro atoms. The van der Waals surface area contributed by atoms with Crippen LogP contribution in [-0.4, -0.2) is 40.1 Å². The summed E-state index contributed by atoms with van der Waals surface area (Å²) in [6.07, 6.45) is 2.78. The third-order valence-electron chi connectivity index (χ3n) is 4.48. The van der Waals surface area contributed by atoms with Gasteiger partial charge in [-0.3, -0.25) is 14.7 Å². The van der Waals surface area contributed by atoms with Crippen molar-refractivity contribution >= 4 is 11.8 Å². The first-order valence-electron chi connectivity index (χ1n) is 8.39. The van der Waals surface area contributed by atoms with Gasteiger partial charge in [0.15, 0.2) is 6.61 Å². The summed E-state index contributed by atoms with van der Waals surface area (Å²) in [7, 11) is 0. The van der Waals surface area contributed by atoms with E-state index in [-0.39, 0.29) is 24.2 Å². The number of hydrogen-bond acceptors (Lipinski definition) is 4. The van der Waals surface area contributed by atoms with Gasteiger partial charge in [0.1, 0.15) is 11.4 Å². The van der Waals surface area contributed by atoms with Crippen LogP contribution in [0.25, 0.3) is 0 Å². The van der Waals surface area contributed by atoms with Crippen molar-refractivity contribution in [2.75, 3.05) is 13.2 Å². The van der Waals surface area contributed by atoms with Gasteiger partial charge in [0.25, 0.3) is 11.8 Å². The van der Waals surface area contributed by atoms with E-state index >= 15 is 0 Å². The van der Waals surface area contributed by atoms with Crippen LogP contribution >= 0.6 is 0 Å². The van der Waals surface area contributed by atoms with Gasteiger partial charge in [0.2, 0.25) is 0 Å². The maximum absolute atomic E-state index is 12.7. The molecule has 1 fully saturated rings. The van der Waals surface area contributed by atoms with Crippen molar-refractivity contribution in [1.82, 2.24) is 15.1 Å². The number of nitrogens with one attached hydrogen (secondary N) is 1. The highest BCUT2D eigenvalue weighted by Crippen LogP contribution is 2.30. The maximum Gasteiger partial charge on any atom is 0.269 e. The maximum atomic E-state index is 12.7. The number of primary amides is 1. The van der Waals surface area contributed by atoms with Crippen LogP contribution in [0.3, 0.4) is 0 Å². The number of hydrogen-bond donors (Lipinski definition) is 2. The Morgan fingerprint density at radius 2 is 2.16 bits per heavy atom. The van der Waals surface area contributed by atoms with E-state index in [0.717, 1.165) is 30.5 Å². The Kier molecular flexibility index (Phi) is 5.02. The minimum Gasteiger partial charge on any atom is -0.484 e. The van der Waals surface area contributed by atoms with E-state index in [1.54, 1.807) is 11.0 Å². The van der Waals surface area contributed by atoms with Gasteiger partial charge in [-0.15, -0.1) is 0 Å². The van der Waals surface area contributed by atoms with E-state index < -0.39 is 5.91 Å². The van der Waals surface area contributed by atoms with Crippen LogP contribution in [-0.2, 0) is 4.79 Å². The summed E-state index contributed by atoms with van der Waals surface area (Å²) in [4.78, 5) is 25.7. The topological polar surface area (TPSA) is 101 Å². The number of nitrogens with two attached hydrogens (primary N) is 1. The first kappa shape index (κ1) is 17.0. The van der Waals surface area contributed by atoms with E-state index in [2.05, 4.69) is 10.2 Å². The predicted octanol–water partition coefficient (Wildman–Crippen LogP) is 1.95. The number of ether oxygens (including phenoxy) is 1. The number of benzene rings is 1. The summed E-state index contributed by atoms with van der Waals surface area (Å²) >= 11 is 0. The highest BCUT2D eigenvalue weighted by atomic mass is 16.5. The molecule has 1 saturated heterocycles. The van der Waals surface area contributed by atoms with E-state index in [4.69, 9.17) is 10.5 Å². The van der Waals surface area contributed by atoms with Gasteiger partial charge < -0.3 is 15.4 Å². The van der Waals surface area contributed by atoms with Crippen LogP contribution in [0.5, 0.6) is 5.75 Å². The zero-order chi connectivity index (χ0) is 17.8. The molecule has 2 heterocycles. The summed E-state index contributed by atoms with van der Waals surface area (Å²) < 4.78 is 5.69. The third-order valence-corrected chi connectivity index (χ3v) is 4.48. The Bertz CT molecular complexity index is 771. The number of amides is 2. The summed E-state index contributed by atoms with van der Waals surface area (Å²) in [6.45, 7) is 2.59. The smallest absolute Gasteiger partial charge is 0.269 e. The minimum atomic E-state index is -0.584. The Hall–Kier alpha value is -2.83. The summed E-state index contributed by atoms with van der Waals surface area (Å²) in [5.41, 5.74) is 7.16. The lowest BCUT2D eigenvalue weighted by Crippen LogP contribution is -2.41. The number of aromatic amines is 1. The summed E-state index contributed by atoms with van der Waals surface area (Å²) in [6, 6.07) is 9.10. The third kappa shape index (κ3) is 3.81. The zero-order valence-electron chi connectivity index (χ0n) is 14.2. The molecule has 2 aromatic rings. The molecule has 1 aliphatic heterocycles. The molecule has 0 bridgehead atoms. The van der Waals surface area contributed by atoms with Crippen molar-refractivity contribution in [3.05, 3.63) is 47.3 Å². The van der Waals surface area contributed by atoms with E-state index in [1.807, 2.05) is 31.2 Å². The zero-order valence-corrected chi connectivity index (χ0v) is 14.2. The number of carbonyl (C=O) groups is 2. The molecule has 0 radical (unpaired) electrons. The molecule has 7 heteroatoms. The van der Waals surface area contributed by atoms with E-state index in [0.29, 0.717) is 12.3 Å². The Morgan fingerprint density at radius 3 is 2.88 bits per heavy atom. The molecule has 25 heavy (non-hydrogen) atoms. The van der Waals surface area contributed by atoms with Gasteiger partial charge in [0, 0.05) is 6.54 Å². The highest BCUT2D eigenvalue weighted by molar-refractivity contribution is 5.90. The fourth-order valence-electron chi connectivity index (χ4n) is 3.13. The molecule has 132 valence electrons. The van der Waals surface area contributed by atoms with Crippen LogP contribution in [0.2, 0.25) is 0 Å². The molecular weight excluding hydrogens is 320 g/mol. The second kappa shape index (κ2) is 7.38. The average Bonchev–Trinajstić information content (AvgIpc) is 3.11. The number of para-hydroxylation sites is 1. The van der Waals surface area contributed by atoms with Gasteiger partial charge in [-0.25, -0.2) is 0 Å². The Labute approximate surface area is 146 Å². The quantitative estimate of drug-likeness (QED) is 0.867. The van der Waals surface area contributed by atoms with E-state index in [1.165, 1.54) is 0 Å². The standard InChI is InChI=1S/C18H22N4O3/c1-12-6-2-3-8-16(12)25-11-17(23)22-9-5-4-7-15(22)13-10-14(18(19)24)21-20-13/h2-3,6,8,10,15H,4-5,7,9,11H2,1H3,(H2,19,24)(H,20,21). The predicted molar refractivity (Wildman–Crippen MR) is 92.1 cm³/mol. The second-order valence-electron chi connectivity index (χ2n) is 6.23. The van der Waals surface area contributed by atoms with Gasteiger partial charge in [-0.2, -0.15) is 5.10 Å². The number of aromatic nitrogens is 2. The van der Waals surface area contributed by atoms with Gasteiger partial charge >= 0.3 is 0 Å². The summed E-state index contributed by atoms with van der Waals surface area (Å²) in [5.74, 6) is 0.0456. The minimum absolute atomic E-state index is 0.0157. The number of piperidine rings is 1. The van der Waals surface area contributed by atoms with Crippen LogP contribution < -0.4 is 10.5 Å². The first-order valence-corrected chi connectivity index (χ1v) is 8.39. The molecule has 7 nitrogen and oxygen atoms in total. The molecule has 1 aliphatic rings. The SMILES string of the molecule is Cc1ccccc1OCC(=O)N1CCCCC1c1cc(C(N)=O)n[nH]1. The molecular formula is C18H22N4O3. The van der Waals surface area contributed by atoms with Crippen molar-refractivity contribution in [3.8, 4) is 5.75 Å². The van der Waals surface area contributed by atoms with Gasteiger partial charge in [-0.05, 0) is 43.9 Å². The van der Waals surface area contributed by atoms with Crippen molar-refractivity contribution in [3.63, 3.8) is 0 Å². The second-order valence-corrected chi connectivity index (χ2v) is 6.23. The normalized spacial score (nSPS) is 17.3. The number of H-pyrrole nitrogens is 1. The van der Waals surface area contributed by atoms with Crippen molar-refractivity contribution in [2.45, 2.75) is 32.2 Å². The fourth-order valence-corrected chi connectivity index (χ4v) is 3.13. The number of carbonyl (C=O) groups excluding carboxylic acids is 2. The van der Waals surface area contributed by atoms with E-state index in [9.17, 15) is 9.59 Å². The van der Waals surface area contributed by atoms with Crippen molar-refractivity contribution < 1.29 is 14.3 Å². The average molecular weight is 342 g/mol.